The Hall–Kier alpha value is -2.65. The molecule has 3 rings (SSSR count). The van der Waals surface area contributed by atoms with Gasteiger partial charge >= 0.3 is 5.97 Å². The Labute approximate surface area is 155 Å². The number of carboxylic acids is 1. The molecule has 0 aliphatic carbocycles. The first-order chi connectivity index (χ1) is 13.0. The van der Waals surface area contributed by atoms with E-state index in [0.717, 1.165) is 32.0 Å². The van der Waals surface area contributed by atoms with Gasteiger partial charge in [0.1, 0.15) is 0 Å². The fraction of sp³-hybridized carbons (Fsp3) is 0.444. The summed E-state index contributed by atoms with van der Waals surface area (Å²) in [5.41, 5.74) is 0.140. The molecule has 2 heterocycles. The van der Waals surface area contributed by atoms with Crippen molar-refractivity contribution in [3.05, 3.63) is 29.6 Å². The van der Waals surface area contributed by atoms with Gasteiger partial charge in [0.25, 0.3) is 0 Å². The molecule has 1 unspecified atom stereocenters. The maximum Gasteiger partial charge on any atom is 0.343 e. The molecule has 1 fully saturated rings. The highest BCUT2D eigenvalue weighted by atomic mass is 19.1. The van der Waals surface area contributed by atoms with Crippen LogP contribution in [0.25, 0.3) is 11.3 Å². The predicted octanol–water partition coefficient (Wildman–Crippen LogP) is 2.06. The molecule has 1 atom stereocenters. The largest absolute Gasteiger partial charge is 0.494 e. The van der Waals surface area contributed by atoms with Crippen molar-refractivity contribution in [2.75, 3.05) is 38.6 Å². The normalized spacial score (nSPS) is 15.7. The maximum atomic E-state index is 13.6. The van der Waals surface area contributed by atoms with Crippen molar-refractivity contribution in [3.8, 4) is 17.1 Å². The molecule has 1 aromatic carbocycles. The summed E-state index contributed by atoms with van der Waals surface area (Å²) in [6, 6.07) is 3.89. The summed E-state index contributed by atoms with van der Waals surface area (Å²) >= 11 is 0. The second-order valence-electron chi connectivity index (χ2n) is 6.43. The number of nitrogens with zero attached hydrogens (tertiary/aromatic N) is 2. The number of halogens is 1. The van der Waals surface area contributed by atoms with Crippen molar-refractivity contribution < 1.29 is 28.7 Å². The average Bonchev–Trinajstić information content (AvgIpc) is 3.30. The quantitative estimate of drug-likeness (QED) is 0.640. The molecule has 8 nitrogen and oxygen atoms in total. The number of aromatic carboxylic acids is 1. The smallest absolute Gasteiger partial charge is 0.343 e. The van der Waals surface area contributed by atoms with Gasteiger partial charge in [-0.1, -0.05) is 5.16 Å². The molecule has 0 amide bonds. The van der Waals surface area contributed by atoms with Crippen molar-refractivity contribution in [1.82, 2.24) is 10.1 Å². The minimum Gasteiger partial charge on any atom is -0.494 e. The molecular weight excluding hydrogens is 357 g/mol. The molecule has 2 aromatic rings. The Balaban J connectivity index is 1.76. The summed E-state index contributed by atoms with van der Waals surface area (Å²) in [6.07, 6.45) is 1.57. The molecule has 1 aliphatic rings. The summed E-state index contributed by atoms with van der Waals surface area (Å²) in [7, 11) is 1.31. The predicted molar refractivity (Wildman–Crippen MR) is 95.6 cm³/mol. The third-order valence-electron chi connectivity index (χ3n) is 4.49. The van der Waals surface area contributed by atoms with Gasteiger partial charge < -0.3 is 29.7 Å². The van der Waals surface area contributed by atoms with Crippen molar-refractivity contribution in [2.45, 2.75) is 18.9 Å². The molecule has 0 radical (unpaired) electrons. The number of anilines is 1. The van der Waals surface area contributed by atoms with Gasteiger partial charge in [-0.2, -0.15) is 0 Å². The maximum absolute atomic E-state index is 13.6. The number of benzene rings is 1. The van der Waals surface area contributed by atoms with Gasteiger partial charge in [-0.25, -0.2) is 9.18 Å². The number of likely N-dealkylation sites (tertiary alicyclic amines) is 1. The SMILES string of the molecule is COc1cc(-c2onc(NCC(O)CN3CCCC3)c2C(=O)O)ccc1F. The Morgan fingerprint density at radius 2 is 2.19 bits per heavy atom. The molecule has 1 saturated heterocycles. The van der Waals surface area contributed by atoms with E-state index < -0.39 is 17.9 Å². The molecule has 9 heteroatoms. The van der Waals surface area contributed by atoms with E-state index in [0.29, 0.717) is 12.1 Å². The molecule has 0 spiro atoms. The van der Waals surface area contributed by atoms with Crippen LogP contribution in [0.4, 0.5) is 10.2 Å². The summed E-state index contributed by atoms with van der Waals surface area (Å²) in [5, 5.41) is 26.3. The van der Waals surface area contributed by atoms with Crippen LogP contribution in [0.1, 0.15) is 23.2 Å². The molecule has 1 aliphatic heterocycles. The van der Waals surface area contributed by atoms with E-state index in [1.54, 1.807) is 0 Å². The molecule has 146 valence electrons. The van der Waals surface area contributed by atoms with Crippen LogP contribution in [0.2, 0.25) is 0 Å². The van der Waals surface area contributed by atoms with Gasteiger partial charge in [-0.15, -0.1) is 0 Å². The van der Waals surface area contributed by atoms with Crippen LogP contribution in [0.5, 0.6) is 5.75 Å². The first kappa shape index (κ1) is 19.1. The Bertz CT molecular complexity index is 804. The molecular formula is C18H22FN3O5. The zero-order valence-electron chi connectivity index (χ0n) is 14.9. The first-order valence-corrected chi connectivity index (χ1v) is 8.70. The van der Waals surface area contributed by atoms with E-state index >= 15 is 0 Å². The van der Waals surface area contributed by atoms with Crippen molar-refractivity contribution in [3.63, 3.8) is 0 Å². The summed E-state index contributed by atoms with van der Waals surface area (Å²) in [5.74, 6) is -1.85. The summed E-state index contributed by atoms with van der Waals surface area (Å²) in [6.45, 7) is 2.56. The zero-order valence-corrected chi connectivity index (χ0v) is 14.9. The lowest BCUT2D eigenvalue weighted by molar-refractivity contribution is 0.0698. The number of aromatic nitrogens is 1. The minimum atomic E-state index is -1.24. The van der Waals surface area contributed by atoms with Crippen molar-refractivity contribution in [2.24, 2.45) is 0 Å². The van der Waals surface area contributed by atoms with Gasteiger partial charge in [0, 0.05) is 18.7 Å². The highest BCUT2D eigenvalue weighted by molar-refractivity contribution is 5.99. The van der Waals surface area contributed by atoms with Gasteiger partial charge in [-0.3, -0.25) is 0 Å². The number of aliphatic hydroxyl groups excluding tert-OH is 1. The van der Waals surface area contributed by atoms with E-state index in [-0.39, 0.29) is 29.4 Å². The molecule has 1 aromatic heterocycles. The van der Waals surface area contributed by atoms with Crippen molar-refractivity contribution in [1.29, 1.82) is 0 Å². The lowest BCUT2D eigenvalue weighted by Gasteiger charge is -2.19. The number of nitrogens with one attached hydrogen (secondary N) is 1. The van der Waals surface area contributed by atoms with Crippen LogP contribution in [-0.2, 0) is 0 Å². The lowest BCUT2D eigenvalue weighted by atomic mass is 10.1. The second kappa shape index (κ2) is 8.36. The monoisotopic (exact) mass is 379 g/mol. The van der Waals surface area contributed by atoms with Gasteiger partial charge in [0.15, 0.2) is 28.7 Å². The Kier molecular flexibility index (Phi) is 5.92. The van der Waals surface area contributed by atoms with E-state index in [9.17, 15) is 19.4 Å². The number of hydrogen-bond acceptors (Lipinski definition) is 7. The van der Waals surface area contributed by atoms with E-state index in [1.807, 2.05) is 0 Å². The number of aliphatic hydroxyl groups is 1. The van der Waals surface area contributed by atoms with Crippen LogP contribution in [0, 0.1) is 5.82 Å². The molecule has 0 bridgehead atoms. The third-order valence-corrected chi connectivity index (χ3v) is 4.49. The average molecular weight is 379 g/mol. The Morgan fingerprint density at radius 3 is 2.85 bits per heavy atom. The molecule has 27 heavy (non-hydrogen) atoms. The van der Waals surface area contributed by atoms with E-state index in [1.165, 1.54) is 19.2 Å². The number of β-amino-alcohol motifs (C(OH)–C–C–N with tert-alkyl or cyclic N) is 1. The van der Waals surface area contributed by atoms with E-state index in [4.69, 9.17) is 9.26 Å². The topological polar surface area (TPSA) is 108 Å². The standard InChI is InChI=1S/C18H22FN3O5/c1-26-14-8-11(4-5-13(14)19)16-15(18(24)25)17(21-27-16)20-9-12(23)10-22-6-2-3-7-22/h4-5,8,12,23H,2-3,6-7,9-10H2,1H3,(H,20,21)(H,24,25). The summed E-state index contributed by atoms with van der Waals surface area (Å²) < 4.78 is 23.7. The zero-order chi connectivity index (χ0) is 19.4. The van der Waals surface area contributed by atoms with Gasteiger partial charge in [-0.05, 0) is 44.1 Å². The third kappa shape index (κ3) is 4.37. The molecule has 0 saturated carbocycles. The second-order valence-corrected chi connectivity index (χ2v) is 6.43. The fourth-order valence-corrected chi connectivity index (χ4v) is 3.15. The number of methoxy groups -OCH3 is 1. The van der Waals surface area contributed by atoms with Crippen LogP contribution in [0.3, 0.4) is 0 Å². The number of carbonyl (C=O) groups is 1. The Morgan fingerprint density at radius 1 is 1.44 bits per heavy atom. The van der Waals surface area contributed by atoms with Crippen LogP contribution in [0.15, 0.2) is 22.7 Å². The molecule has 3 N–H and O–H groups in total. The lowest BCUT2D eigenvalue weighted by Crippen LogP contribution is -2.34. The van der Waals surface area contributed by atoms with Crippen LogP contribution < -0.4 is 10.1 Å². The summed E-state index contributed by atoms with van der Waals surface area (Å²) in [4.78, 5) is 13.9. The highest BCUT2D eigenvalue weighted by Gasteiger charge is 2.25. The number of carboxylic acid groups (broad SMARTS) is 1. The first-order valence-electron chi connectivity index (χ1n) is 8.70. The van der Waals surface area contributed by atoms with Gasteiger partial charge in [0.2, 0.25) is 0 Å². The fourth-order valence-electron chi connectivity index (χ4n) is 3.15. The number of rotatable bonds is 8. The minimum absolute atomic E-state index is 0.0151. The number of hydrogen-bond donors (Lipinski definition) is 3. The van der Waals surface area contributed by atoms with E-state index in [2.05, 4.69) is 15.4 Å². The van der Waals surface area contributed by atoms with Gasteiger partial charge in [0.05, 0.1) is 13.2 Å². The van der Waals surface area contributed by atoms with Crippen LogP contribution in [-0.4, -0.2) is 65.6 Å². The van der Waals surface area contributed by atoms with Crippen molar-refractivity contribution >= 4 is 11.8 Å². The van der Waals surface area contributed by atoms with Crippen LogP contribution >= 0.6 is 0 Å². The highest BCUT2D eigenvalue weighted by Crippen LogP contribution is 2.32. The number of ether oxygens (including phenoxy) is 1.